The molecule has 2 heteroatoms. The molecule has 0 aromatic heterocycles. The Labute approximate surface area is 302 Å². The second-order valence-corrected chi connectivity index (χ2v) is 13.4. The molecule has 1 spiro atoms. The van der Waals surface area contributed by atoms with Crippen LogP contribution in [-0.2, 0) is 5.41 Å². The molecule has 0 heterocycles. The van der Waals surface area contributed by atoms with Crippen molar-refractivity contribution >= 4 is 21.5 Å². The van der Waals surface area contributed by atoms with E-state index in [1.807, 2.05) is 0 Å². The van der Waals surface area contributed by atoms with Gasteiger partial charge in [-0.15, -0.1) is 0 Å². The number of fused-ring (bicyclic) bond motifs is 13. The molecule has 9 rings (SSSR count). The first-order valence-corrected chi connectivity index (χ1v) is 17.7. The highest BCUT2D eigenvalue weighted by atomic mass is 14.7. The summed E-state index contributed by atoms with van der Waals surface area (Å²) in [6, 6.07) is 52.5. The number of rotatable bonds is 3. The van der Waals surface area contributed by atoms with E-state index in [0.29, 0.717) is 11.4 Å². The van der Waals surface area contributed by atoms with E-state index < -0.39 is 0 Å². The molecule has 0 saturated carbocycles. The average molecular weight is 661 g/mol. The molecule has 0 unspecified atom stereocenters. The van der Waals surface area contributed by atoms with E-state index in [1.54, 1.807) is 0 Å². The molecule has 2 aliphatic rings. The molecule has 0 atom stereocenters. The van der Waals surface area contributed by atoms with Gasteiger partial charge in [-0.2, -0.15) is 0 Å². The van der Waals surface area contributed by atoms with E-state index in [-0.39, 0.29) is 5.41 Å². The van der Waals surface area contributed by atoms with Crippen LogP contribution in [0.2, 0.25) is 0 Å². The normalized spacial score (nSPS) is 13.1. The van der Waals surface area contributed by atoms with Crippen molar-refractivity contribution in [3.63, 3.8) is 0 Å². The largest absolute Gasteiger partial charge is 0.397 e. The molecule has 51 heavy (non-hydrogen) atoms. The molecule has 7 aromatic rings. The van der Waals surface area contributed by atoms with Crippen molar-refractivity contribution in [3.8, 4) is 33.4 Å². The predicted molar refractivity (Wildman–Crippen MR) is 220 cm³/mol. The summed E-state index contributed by atoms with van der Waals surface area (Å²) in [5, 5.41) is 5.20. The molecule has 0 radical (unpaired) electrons. The van der Waals surface area contributed by atoms with E-state index in [4.69, 9.17) is 11.5 Å². The molecule has 0 saturated heterocycles. The van der Waals surface area contributed by atoms with E-state index in [0.717, 1.165) is 0 Å². The molecule has 7 aromatic carbocycles. The van der Waals surface area contributed by atoms with Gasteiger partial charge in [0.25, 0.3) is 0 Å². The van der Waals surface area contributed by atoms with Crippen LogP contribution >= 0.6 is 0 Å². The van der Waals surface area contributed by atoms with Gasteiger partial charge in [-0.3, -0.25) is 0 Å². The minimum Gasteiger partial charge on any atom is -0.397 e. The molecule has 0 aliphatic heterocycles. The lowest BCUT2D eigenvalue weighted by Gasteiger charge is -2.31. The summed E-state index contributed by atoms with van der Waals surface area (Å²) in [5.41, 5.74) is 26.0. The summed E-state index contributed by atoms with van der Waals surface area (Å²) in [4.78, 5) is 0. The van der Waals surface area contributed by atoms with Crippen molar-refractivity contribution in [1.29, 1.82) is 0 Å². The zero-order valence-electron chi connectivity index (χ0n) is 29.7. The van der Waals surface area contributed by atoms with Crippen LogP contribution in [0.4, 0.5) is 0 Å². The number of aryl methyl sites for hydroxylation is 1. The Hall–Kier alpha value is -6.12. The van der Waals surface area contributed by atoms with Gasteiger partial charge in [-0.1, -0.05) is 160 Å². The molecule has 0 amide bonds. The topological polar surface area (TPSA) is 52.0 Å². The molecule has 0 bridgehead atoms. The first kappa shape index (κ1) is 33.4. The van der Waals surface area contributed by atoms with Gasteiger partial charge in [-0.05, 0) is 114 Å². The summed E-state index contributed by atoms with van der Waals surface area (Å²) in [5.74, 6) is 0. The number of benzene rings is 7. The molecule has 2 nitrogen and oxygen atoms in total. The van der Waals surface area contributed by atoms with Crippen LogP contribution in [-0.4, -0.2) is 0 Å². The van der Waals surface area contributed by atoms with Gasteiger partial charge in [0.2, 0.25) is 0 Å². The minimum absolute atomic E-state index is 0.354. The van der Waals surface area contributed by atoms with Crippen molar-refractivity contribution in [2.75, 3.05) is 0 Å². The fraction of sp³-hybridized carbons (Fsp3) is 0.102. The first-order valence-electron chi connectivity index (χ1n) is 17.7. The third-order valence-electron chi connectivity index (χ3n) is 10.1. The Morgan fingerprint density at radius 2 is 1.06 bits per heavy atom. The smallest absolute Gasteiger partial charge is 0.0731 e. The van der Waals surface area contributed by atoms with Gasteiger partial charge in [0.05, 0.1) is 16.8 Å². The van der Waals surface area contributed by atoms with E-state index in [9.17, 15) is 0 Å². The van der Waals surface area contributed by atoms with Crippen LogP contribution < -0.4 is 11.5 Å². The zero-order chi connectivity index (χ0) is 35.7. The molecular formula is C49H44N2. The highest BCUT2D eigenvalue weighted by Gasteiger charge is 2.52. The quantitative estimate of drug-likeness (QED) is 0.185. The van der Waals surface area contributed by atoms with Crippen LogP contribution in [0, 0.1) is 6.92 Å². The SMILES string of the molecule is C=C/C(N)=C(/N)C=C.CCC.Cc1ccc(-c2ccc3c4c(ccc3c2)-c2cc3ccccc3cc2C42c3ccccc3-c3ccccc32)cc1. The summed E-state index contributed by atoms with van der Waals surface area (Å²) in [6.45, 7) is 13.2. The average Bonchev–Trinajstić information content (AvgIpc) is 3.64. The van der Waals surface area contributed by atoms with Crippen LogP contribution in [0.1, 0.15) is 48.1 Å². The van der Waals surface area contributed by atoms with E-state index in [2.05, 4.69) is 173 Å². The van der Waals surface area contributed by atoms with Gasteiger partial charge >= 0.3 is 0 Å². The van der Waals surface area contributed by atoms with Gasteiger partial charge in [0, 0.05) is 0 Å². The lowest BCUT2D eigenvalue weighted by molar-refractivity contribution is 0.802. The monoisotopic (exact) mass is 660 g/mol. The Bertz CT molecular complexity index is 2420. The highest BCUT2D eigenvalue weighted by molar-refractivity contribution is 6.06. The first-order chi connectivity index (χ1) is 24.9. The second-order valence-electron chi connectivity index (χ2n) is 13.4. The fourth-order valence-electron chi connectivity index (χ4n) is 7.82. The summed E-state index contributed by atoms with van der Waals surface area (Å²) < 4.78 is 0. The summed E-state index contributed by atoms with van der Waals surface area (Å²) >= 11 is 0. The summed E-state index contributed by atoms with van der Waals surface area (Å²) in [6.07, 6.45) is 4.22. The Balaban J connectivity index is 0.000000325. The van der Waals surface area contributed by atoms with E-state index >= 15 is 0 Å². The maximum Gasteiger partial charge on any atom is 0.0731 e. The maximum absolute atomic E-state index is 5.29. The number of allylic oxidation sites excluding steroid dienone is 2. The number of hydrogen-bond donors (Lipinski definition) is 2. The van der Waals surface area contributed by atoms with E-state index in [1.165, 1.54) is 101 Å². The molecule has 4 N–H and O–H groups in total. The van der Waals surface area contributed by atoms with Crippen molar-refractivity contribution in [1.82, 2.24) is 0 Å². The van der Waals surface area contributed by atoms with Crippen LogP contribution in [0.5, 0.6) is 0 Å². The third-order valence-corrected chi connectivity index (χ3v) is 10.1. The second kappa shape index (κ2) is 13.7. The minimum atomic E-state index is -0.354. The van der Waals surface area contributed by atoms with Crippen LogP contribution in [0.25, 0.3) is 54.9 Å². The summed E-state index contributed by atoms with van der Waals surface area (Å²) in [7, 11) is 0. The lowest BCUT2D eigenvalue weighted by Crippen LogP contribution is -2.26. The van der Waals surface area contributed by atoms with Gasteiger partial charge < -0.3 is 11.5 Å². The molecular weight excluding hydrogens is 617 g/mol. The van der Waals surface area contributed by atoms with Crippen LogP contribution in [0.15, 0.2) is 176 Å². The number of hydrogen-bond acceptors (Lipinski definition) is 2. The third kappa shape index (κ3) is 5.45. The lowest BCUT2D eigenvalue weighted by atomic mass is 9.69. The van der Waals surface area contributed by atoms with Gasteiger partial charge in [0.1, 0.15) is 0 Å². The van der Waals surface area contributed by atoms with Crippen molar-refractivity contribution < 1.29 is 0 Å². The maximum atomic E-state index is 5.29. The Kier molecular flexibility index (Phi) is 8.93. The van der Waals surface area contributed by atoms with Crippen LogP contribution in [0.3, 0.4) is 0 Å². The Morgan fingerprint density at radius 3 is 1.65 bits per heavy atom. The van der Waals surface area contributed by atoms with Crippen molar-refractivity contribution in [2.45, 2.75) is 32.6 Å². The zero-order valence-corrected chi connectivity index (χ0v) is 29.7. The predicted octanol–water partition coefficient (Wildman–Crippen LogP) is 12.2. The fourth-order valence-corrected chi connectivity index (χ4v) is 7.82. The van der Waals surface area contributed by atoms with Gasteiger partial charge in [0.15, 0.2) is 0 Å². The van der Waals surface area contributed by atoms with Gasteiger partial charge in [-0.25, -0.2) is 0 Å². The molecule has 2 aliphatic carbocycles. The molecule has 250 valence electrons. The standard InChI is InChI=1S/C40H26.C6H10N2.C3H8/c1-25-14-16-26(17-15-25)29-18-20-31-30(22-29)19-21-34-35-23-27-8-2-3-9-28(27)24-38(35)40(39(31)34)36-12-6-4-10-32(36)33-11-5-7-13-37(33)40;1-3-5(7)6(8)4-2;1-3-2/h2-24H,1H3;3-4H,1-2,7-8H2;3H2,1-2H3/b;6-5-;. The molecule has 0 fully saturated rings. The van der Waals surface area contributed by atoms with Crippen molar-refractivity contribution in [2.24, 2.45) is 11.5 Å². The van der Waals surface area contributed by atoms with Crippen molar-refractivity contribution in [3.05, 3.63) is 204 Å². The number of nitrogens with two attached hydrogens (primary N) is 2. The Morgan fingerprint density at radius 1 is 0.529 bits per heavy atom. The highest BCUT2D eigenvalue weighted by Crippen LogP contribution is 2.64.